The molecule has 0 unspecified atom stereocenters. The van der Waals surface area contributed by atoms with E-state index in [4.69, 9.17) is 10.5 Å². The van der Waals surface area contributed by atoms with Crippen molar-refractivity contribution < 1.29 is 4.74 Å². The molecule has 0 aliphatic heterocycles. The van der Waals surface area contributed by atoms with Crippen LogP contribution in [0.15, 0.2) is 0 Å². The van der Waals surface area contributed by atoms with Crippen LogP contribution in [-0.4, -0.2) is 29.4 Å². The van der Waals surface area contributed by atoms with Crippen molar-refractivity contribution in [3.63, 3.8) is 0 Å². The first kappa shape index (κ1) is 8.14. The van der Waals surface area contributed by atoms with Gasteiger partial charge in [0.1, 0.15) is 0 Å². The van der Waals surface area contributed by atoms with Crippen LogP contribution in [0.3, 0.4) is 0 Å². The van der Waals surface area contributed by atoms with E-state index < -0.39 is 0 Å². The van der Waals surface area contributed by atoms with E-state index in [-0.39, 0.29) is 9.52 Å². The summed E-state index contributed by atoms with van der Waals surface area (Å²) in [6, 6.07) is 1.34. The van der Waals surface area contributed by atoms with Crippen LogP contribution in [0.1, 0.15) is 6.42 Å². The molecule has 0 amide bonds. The molecular formula is C5H15NOSi. The molecule has 3 heteroatoms. The van der Waals surface area contributed by atoms with Crippen molar-refractivity contribution in [1.82, 2.24) is 0 Å². The van der Waals surface area contributed by atoms with Gasteiger partial charge in [-0.05, 0) is 13.0 Å². The lowest BCUT2D eigenvalue weighted by atomic mass is 10.5. The van der Waals surface area contributed by atoms with Crippen LogP contribution < -0.4 is 5.73 Å². The Kier molecular flexibility index (Phi) is 7.26. The summed E-state index contributed by atoms with van der Waals surface area (Å²) < 4.78 is 4.91. The lowest BCUT2D eigenvalue weighted by Crippen LogP contribution is -2.04. The Balaban J connectivity index is 2.53. The van der Waals surface area contributed by atoms with Crippen molar-refractivity contribution in [3.05, 3.63) is 0 Å². The molecule has 0 aliphatic rings. The molecule has 0 aromatic rings. The predicted molar refractivity (Wildman–Crippen MR) is 38.9 cm³/mol. The third kappa shape index (κ3) is 6.14. The number of hydrogen-bond donors (Lipinski definition) is 1. The van der Waals surface area contributed by atoms with Crippen molar-refractivity contribution in [2.45, 2.75) is 12.5 Å². The molecule has 0 atom stereocenters. The number of methoxy groups -OCH3 is 1. The topological polar surface area (TPSA) is 35.2 Å². The quantitative estimate of drug-likeness (QED) is 0.406. The minimum Gasteiger partial charge on any atom is -0.389 e. The molecule has 0 bridgehead atoms. The van der Waals surface area contributed by atoms with Crippen LogP contribution in [0.4, 0.5) is 0 Å². The zero-order chi connectivity index (χ0) is 6.24. The monoisotopic (exact) mass is 133 g/mol. The Morgan fingerprint density at radius 1 is 1.62 bits per heavy atom. The SMILES string of the molecule is COC[SiH2]CCCN. The van der Waals surface area contributed by atoms with Gasteiger partial charge in [-0.3, -0.25) is 0 Å². The van der Waals surface area contributed by atoms with Gasteiger partial charge in [-0.15, -0.1) is 0 Å². The van der Waals surface area contributed by atoms with E-state index in [9.17, 15) is 0 Å². The molecule has 0 aromatic carbocycles. The van der Waals surface area contributed by atoms with Gasteiger partial charge in [0.25, 0.3) is 0 Å². The molecule has 0 radical (unpaired) electrons. The minimum absolute atomic E-state index is 0.0981. The fourth-order valence-electron chi connectivity index (χ4n) is 0.568. The number of hydrogen-bond acceptors (Lipinski definition) is 2. The maximum Gasteiger partial charge on any atom is 0.0516 e. The van der Waals surface area contributed by atoms with E-state index in [1.165, 1.54) is 12.5 Å². The largest absolute Gasteiger partial charge is 0.389 e. The highest BCUT2D eigenvalue weighted by Gasteiger charge is 1.84. The van der Waals surface area contributed by atoms with E-state index >= 15 is 0 Å². The second-order valence-electron chi connectivity index (χ2n) is 1.84. The highest BCUT2D eigenvalue weighted by Crippen LogP contribution is 1.83. The number of rotatable bonds is 5. The van der Waals surface area contributed by atoms with Crippen LogP contribution in [0.5, 0.6) is 0 Å². The molecule has 0 rings (SSSR count). The summed E-state index contributed by atoms with van der Waals surface area (Å²) in [5, 5.41) is 0. The van der Waals surface area contributed by atoms with Crippen molar-refractivity contribution in [2.75, 3.05) is 19.9 Å². The summed E-state index contributed by atoms with van der Waals surface area (Å²) in [5.41, 5.74) is 5.29. The molecule has 0 spiro atoms. The third-order valence-corrected chi connectivity index (χ3v) is 2.75. The number of nitrogens with two attached hydrogens (primary N) is 1. The maximum atomic E-state index is 5.29. The van der Waals surface area contributed by atoms with Crippen LogP contribution in [0.2, 0.25) is 6.04 Å². The highest BCUT2D eigenvalue weighted by molar-refractivity contribution is 6.35. The maximum absolute atomic E-state index is 5.29. The smallest absolute Gasteiger partial charge is 0.0516 e. The molecule has 0 aliphatic carbocycles. The lowest BCUT2D eigenvalue weighted by Gasteiger charge is -1.94. The highest BCUT2D eigenvalue weighted by atomic mass is 28.2. The van der Waals surface area contributed by atoms with Crippen LogP contribution >= 0.6 is 0 Å². The van der Waals surface area contributed by atoms with E-state index in [0.717, 1.165) is 12.8 Å². The standard InChI is InChI=1S/C5H15NOSi/c1-7-5-8-4-2-3-6/h2-6,8H2,1H3. The van der Waals surface area contributed by atoms with Crippen molar-refractivity contribution in [3.8, 4) is 0 Å². The summed E-state index contributed by atoms with van der Waals surface area (Å²) >= 11 is 0. The fraction of sp³-hybridized carbons (Fsp3) is 1.00. The van der Waals surface area contributed by atoms with E-state index in [1.807, 2.05) is 0 Å². The van der Waals surface area contributed by atoms with Gasteiger partial charge in [0, 0.05) is 13.3 Å². The van der Waals surface area contributed by atoms with Crippen molar-refractivity contribution >= 4 is 9.52 Å². The lowest BCUT2D eigenvalue weighted by molar-refractivity contribution is 0.251. The average molecular weight is 133 g/mol. The summed E-state index contributed by atoms with van der Waals surface area (Å²) in [7, 11) is 1.86. The third-order valence-electron chi connectivity index (χ3n) is 1.05. The molecule has 0 fully saturated rings. The van der Waals surface area contributed by atoms with E-state index in [2.05, 4.69) is 0 Å². The molecule has 0 heterocycles. The molecule has 0 saturated heterocycles. The molecule has 0 aromatic heterocycles. The summed E-state index contributed by atoms with van der Waals surface area (Å²) in [4.78, 5) is 0. The van der Waals surface area contributed by atoms with Crippen LogP contribution in [-0.2, 0) is 4.74 Å². The zero-order valence-electron chi connectivity index (χ0n) is 5.52. The Morgan fingerprint density at radius 2 is 2.38 bits per heavy atom. The first-order valence-electron chi connectivity index (χ1n) is 3.11. The number of ether oxygens (including phenoxy) is 1. The first-order chi connectivity index (χ1) is 3.91. The Hall–Kier alpha value is 0.137. The van der Waals surface area contributed by atoms with Crippen LogP contribution in [0, 0.1) is 0 Å². The molecule has 2 N–H and O–H groups in total. The molecular weight excluding hydrogens is 118 g/mol. The molecule has 2 nitrogen and oxygen atoms in total. The van der Waals surface area contributed by atoms with Crippen molar-refractivity contribution in [2.24, 2.45) is 5.73 Å². The zero-order valence-corrected chi connectivity index (χ0v) is 6.94. The summed E-state index contributed by atoms with van der Waals surface area (Å²) in [6.07, 6.45) is 2.20. The van der Waals surface area contributed by atoms with E-state index in [1.54, 1.807) is 7.11 Å². The summed E-state index contributed by atoms with van der Waals surface area (Å²) in [6.45, 7) is 0.844. The second-order valence-corrected chi connectivity index (χ2v) is 3.66. The Morgan fingerprint density at radius 3 is 2.88 bits per heavy atom. The summed E-state index contributed by atoms with van der Waals surface area (Å²) in [5.74, 6) is 0. The van der Waals surface area contributed by atoms with Gasteiger partial charge in [-0.1, -0.05) is 6.04 Å². The van der Waals surface area contributed by atoms with Crippen LogP contribution in [0.25, 0.3) is 0 Å². The van der Waals surface area contributed by atoms with Gasteiger partial charge < -0.3 is 10.5 Å². The van der Waals surface area contributed by atoms with Gasteiger partial charge in [0.15, 0.2) is 0 Å². The molecule has 50 valence electrons. The van der Waals surface area contributed by atoms with Gasteiger partial charge in [-0.2, -0.15) is 0 Å². The normalized spacial score (nSPS) is 11.2. The fourth-order valence-corrected chi connectivity index (χ4v) is 1.70. The van der Waals surface area contributed by atoms with Gasteiger partial charge in [-0.25, -0.2) is 0 Å². The average Bonchev–Trinajstić information content (AvgIpc) is 1.81. The van der Waals surface area contributed by atoms with Gasteiger partial charge >= 0.3 is 0 Å². The molecule has 8 heavy (non-hydrogen) atoms. The Labute approximate surface area is 53.2 Å². The minimum atomic E-state index is 0.0981. The van der Waals surface area contributed by atoms with Crippen molar-refractivity contribution in [1.29, 1.82) is 0 Å². The first-order valence-corrected chi connectivity index (χ1v) is 5.11. The molecule has 0 saturated carbocycles. The van der Waals surface area contributed by atoms with Gasteiger partial charge in [0.05, 0.1) is 9.52 Å². The Bertz CT molecular complexity index is 37.4. The van der Waals surface area contributed by atoms with E-state index in [0.29, 0.717) is 0 Å². The second kappa shape index (κ2) is 7.14. The predicted octanol–water partition coefficient (Wildman–Crippen LogP) is -0.474. The van der Waals surface area contributed by atoms with Gasteiger partial charge in [0.2, 0.25) is 0 Å².